The highest BCUT2D eigenvalue weighted by molar-refractivity contribution is 5.95. The van der Waals surface area contributed by atoms with Crippen LogP contribution in [0.1, 0.15) is 58.4 Å². The fourth-order valence-corrected chi connectivity index (χ4v) is 6.20. The fourth-order valence-electron chi connectivity index (χ4n) is 6.20. The number of aliphatic hydroxyl groups is 1. The molecule has 0 unspecified atom stereocenters. The molecule has 0 spiro atoms. The van der Waals surface area contributed by atoms with Crippen LogP contribution in [0.3, 0.4) is 0 Å². The summed E-state index contributed by atoms with van der Waals surface area (Å²) in [5.41, 5.74) is 4.93. The molecular formula is C33H45N7O5. The van der Waals surface area contributed by atoms with Gasteiger partial charge in [0.25, 0.3) is 0 Å². The molecule has 1 aromatic carbocycles. The van der Waals surface area contributed by atoms with Gasteiger partial charge in [-0.1, -0.05) is 13.0 Å². The maximum absolute atomic E-state index is 13.4. The van der Waals surface area contributed by atoms with Crippen LogP contribution in [0.2, 0.25) is 0 Å². The number of benzene rings is 1. The minimum absolute atomic E-state index is 0.0783. The summed E-state index contributed by atoms with van der Waals surface area (Å²) in [5, 5.41) is 14.3. The first-order chi connectivity index (χ1) is 21.9. The zero-order valence-corrected chi connectivity index (χ0v) is 26.6. The molecule has 0 saturated carbocycles. The number of fused-ring (bicyclic) bond motifs is 1. The van der Waals surface area contributed by atoms with Crippen molar-refractivity contribution in [2.45, 2.75) is 65.3 Å². The Balaban J connectivity index is 1.03. The molecule has 3 aliphatic heterocycles. The number of nitrogens with zero attached hydrogens (tertiary/aromatic N) is 6. The Hall–Kier alpha value is -3.58. The van der Waals surface area contributed by atoms with Gasteiger partial charge < -0.3 is 34.1 Å². The van der Waals surface area contributed by atoms with Crippen LogP contribution in [0.4, 0.5) is 11.8 Å². The number of anilines is 2. The Morgan fingerprint density at radius 1 is 1.13 bits per heavy atom. The van der Waals surface area contributed by atoms with Crippen LogP contribution in [0, 0.1) is 13.8 Å². The van der Waals surface area contributed by atoms with Gasteiger partial charge in [-0.2, -0.15) is 4.98 Å². The first-order valence-electron chi connectivity index (χ1n) is 16.1. The largest absolute Gasteiger partial charge is 0.485 e. The molecule has 12 heteroatoms. The van der Waals surface area contributed by atoms with Crippen LogP contribution in [-0.4, -0.2) is 107 Å². The molecule has 242 valence electrons. The lowest BCUT2D eigenvalue weighted by atomic mass is 9.94. The Morgan fingerprint density at radius 3 is 2.67 bits per heavy atom. The SMILES string of the molecule is CCN1CCN(c2nc(NC3COC3)cc(C(=O)CC[C@H](O)CN3CCc4c(ccc(OCc5ocnc5C)c4C)C3)n2)CC1. The molecule has 0 aliphatic carbocycles. The number of Topliss-reactive ketones (excluding diaryl/α,β-unsaturated/α-hetero) is 1. The number of ether oxygens (including phenoxy) is 2. The van der Waals surface area contributed by atoms with Gasteiger partial charge in [-0.05, 0) is 56.0 Å². The summed E-state index contributed by atoms with van der Waals surface area (Å²) >= 11 is 0. The van der Waals surface area contributed by atoms with Crippen molar-refractivity contribution in [3.8, 4) is 5.75 Å². The number of aromatic nitrogens is 3. The molecule has 5 heterocycles. The van der Waals surface area contributed by atoms with Gasteiger partial charge in [0.2, 0.25) is 5.95 Å². The van der Waals surface area contributed by atoms with Crippen molar-refractivity contribution in [3.63, 3.8) is 0 Å². The van der Waals surface area contributed by atoms with Crippen molar-refractivity contribution in [2.75, 3.05) is 69.2 Å². The summed E-state index contributed by atoms with van der Waals surface area (Å²) in [6, 6.07) is 6.06. The second-order valence-electron chi connectivity index (χ2n) is 12.3. The first kappa shape index (κ1) is 31.4. The van der Waals surface area contributed by atoms with E-state index in [4.69, 9.17) is 18.9 Å². The lowest BCUT2D eigenvalue weighted by Crippen LogP contribution is -2.47. The van der Waals surface area contributed by atoms with E-state index < -0.39 is 6.10 Å². The number of aliphatic hydroxyl groups excluding tert-OH is 1. The smallest absolute Gasteiger partial charge is 0.228 e. The van der Waals surface area contributed by atoms with Crippen LogP contribution in [0.25, 0.3) is 0 Å². The molecule has 0 bridgehead atoms. The van der Waals surface area contributed by atoms with Crippen LogP contribution in [0.5, 0.6) is 5.75 Å². The van der Waals surface area contributed by atoms with Gasteiger partial charge in [-0.15, -0.1) is 0 Å². The van der Waals surface area contributed by atoms with E-state index in [1.54, 1.807) is 6.07 Å². The standard InChI is InChI=1S/C33H45N7O5/c1-4-38-11-13-40(14-12-38)33-36-28(15-32(37-33)35-25-18-43-19-25)29(42)7-6-26(41)17-39-10-9-27-22(2)30(8-5-24(27)16-39)44-20-31-23(3)34-21-45-31/h5,8,15,21,25-26,41H,4,6-7,9-14,16-20H2,1-3H3,(H,35,36,37)/t26-/m0/s1. The highest BCUT2D eigenvalue weighted by Crippen LogP contribution is 2.30. The van der Waals surface area contributed by atoms with Crippen LogP contribution in [-0.2, 0) is 24.3 Å². The number of carbonyl (C=O) groups is 1. The Morgan fingerprint density at radius 2 is 1.96 bits per heavy atom. The average molecular weight is 620 g/mol. The van der Waals surface area contributed by atoms with Crippen molar-refractivity contribution in [2.24, 2.45) is 0 Å². The van der Waals surface area contributed by atoms with E-state index in [2.05, 4.69) is 49.9 Å². The summed E-state index contributed by atoms with van der Waals surface area (Å²) in [4.78, 5) is 33.7. The van der Waals surface area contributed by atoms with Crippen molar-refractivity contribution in [1.82, 2.24) is 24.8 Å². The third-order valence-corrected chi connectivity index (χ3v) is 9.19. The van der Waals surface area contributed by atoms with Gasteiger partial charge in [0.1, 0.15) is 23.9 Å². The second-order valence-corrected chi connectivity index (χ2v) is 12.3. The molecule has 2 fully saturated rings. The van der Waals surface area contributed by atoms with Crippen molar-refractivity contribution in [3.05, 3.63) is 58.4 Å². The number of β-amino-alcohol motifs (C(OH)–C–C–N with tert-alkyl or cyclic N) is 1. The summed E-state index contributed by atoms with van der Waals surface area (Å²) in [6.07, 6.45) is 2.31. The lowest BCUT2D eigenvalue weighted by molar-refractivity contribution is 0.0209. The Kier molecular flexibility index (Phi) is 9.94. The summed E-state index contributed by atoms with van der Waals surface area (Å²) in [7, 11) is 0. The molecule has 3 aliphatic rings. The van der Waals surface area contributed by atoms with Crippen LogP contribution < -0.4 is 15.0 Å². The Bertz CT molecular complexity index is 1470. The highest BCUT2D eigenvalue weighted by atomic mass is 16.5. The molecule has 2 N–H and O–H groups in total. The quantitative estimate of drug-likeness (QED) is 0.273. The average Bonchev–Trinajstić information content (AvgIpc) is 3.45. The third kappa shape index (κ3) is 7.63. The van der Waals surface area contributed by atoms with Gasteiger partial charge in [-0.25, -0.2) is 9.97 Å². The highest BCUT2D eigenvalue weighted by Gasteiger charge is 2.25. The van der Waals surface area contributed by atoms with E-state index in [1.807, 2.05) is 13.0 Å². The number of carbonyl (C=O) groups excluding carboxylic acids is 1. The number of piperazine rings is 1. The number of ketones is 1. The Labute approximate surface area is 264 Å². The topological polar surface area (TPSA) is 129 Å². The molecule has 1 atom stereocenters. The molecule has 6 rings (SSSR count). The van der Waals surface area contributed by atoms with Gasteiger partial charge in [0.05, 0.1) is 31.1 Å². The van der Waals surface area contributed by atoms with E-state index in [1.165, 1.54) is 17.5 Å². The van der Waals surface area contributed by atoms with Gasteiger partial charge in [0, 0.05) is 58.3 Å². The number of likely N-dealkylation sites (N-methyl/N-ethyl adjacent to an activating group) is 1. The van der Waals surface area contributed by atoms with E-state index in [9.17, 15) is 9.90 Å². The molecule has 3 aromatic rings. The summed E-state index contributed by atoms with van der Waals surface area (Å²) < 4.78 is 16.8. The molecule has 45 heavy (non-hydrogen) atoms. The monoisotopic (exact) mass is 619 g/mol. The van der Waals surface area contributed by atoms with Crippen LogP contribution >= 0.6 is 0 Å². The summed E-state index contributed by atoms with van der Waals surface area (Å²) in [5.74, 6) is 2.75. The van der Waals surface area contributed by atoms with Gasteiger partial charge in [-0.3, -0.25) is 9.69 Å². The zero-order valence-electron chi connectivity index (χ0n) is 26.6. The number of nitrogens with one attached hydrogen (secondary N) is 1. The maximum atomic E-state index is 13.4. The van der Waals surface area contributed by atoms with Gasteiger partial charge >= 0.3 is 0 Å². The van der Waals surface area contributed by atoms with Gasteiger partial charge in [0.15, 0.2) is 17.9 Å². The van der Waals surface area contributed by atoms with E-state index in [0.29, 0.717) is 50.2 Å². The molecule has 0 radical (unpaired) electrons. The molecule has 0 amide bonds. The van der Waals surface area contributed by atoms with E-state index >= 15 is 0 Å². The van der Waals surface area contributed by atoms with E-state index in [0.717, 1.165) is 75.0 Å². The van der Waals surface area contributed by atoms with Crippen molar-refractivity contribution < 1.29 is 23.8 Å². The first-order valence-corrected chi connectivity index (χ1v) is 16.1. The minimum Gasteiger partial charge on any atom is -0.485 e. The zero-order chi connectivity index (χ0) is 31.3. The number of aryl methyl sites for hydroxylation is 1. The number of hydrogen-bond donors (Lipinski definition) is 2. The predicted octanol–water partition coefficient (Wildman–Crippen LogP) is 3.00. The molecule has 12 nitrogen and oxygen atoms in total. The third-order valence-electron chi connectivity index (χ3n) is 9.19. The predicted molar refractivity (Wildman–Crippen MR) is 170 cm³/mol. The molecular weight excluding hydrogens is 574 g/mol. The minimum atomic E-state index is -0.613. The van der Waals surface area contributed by atoms with Crippen molar-refractivity contribution >= 4 is 17.5 Å². The lowest BCUT2D eigenvalue weighted by Gasteiger charge is -2.34. The van der Waals surface area contributed by atoms with Crippen molar-refractivity contribution in [1.29, 1.82) is 0 Å². The second kappa shape index (κ2) is 14.2. The van der Waals surface area contributed by atoms with Crippen LogP contribution in [0.15, 0.2) is 29.0 Å². The number of hydrogen-bond acceptors (Lipinski definition) is 12. The number of rotatable bonds is 13. The maximum Gasteiger partial charge on any atom is 0.228 e. The fraction of sp³-hybridized carbons (Fsp3) is 0.576. The molecule has 2 saturated heterocycles. The van der Waals surface area contributed by atoms with E-state index in [-0.39, 0.29) is 18.2 Å². The normalized spacial score (nSPS) is 18.4. The number of oxazole rings is 1. The molecule has 2 aromatic heterocycles. The summed E-state index contributed by atoms with van der Waals surface area (Å²) in [6.45, 7) is 14.5.